The summed E-state index contributed by atoms with van der Waals surface area (Å²) < 4.78 is 4.61. The Balaban J connectivity index is 3.09. The molecule has 1 aliphatic rings. The third-order valence-electron chi connectivity index (χ3n) is 2.95. The van der Waals surface area contributed by atoms with Crippen molar-refractivity contribution in [2.24, 2.45) is 11.3 Å². The fraction of sp³-hybridized carbons (Fsp3) is 0.667. The molecule has 0 radical (unpaired) electrons. The van der Waals surface area contributed by atoms with Crippen molar-refractivity contribution in [3.8, 4) is 6.07 Å². The van der Waals surface area contributed by atoms with E-state index in [-0.39, 0.29) is 11.0 Å². The van der Waals surface area contributed by atoms with Gasteiger partial charge in [-0.1, -0.05) is 20.8 Å². The minimum atomic E-state index is -0.503. The van der Waals surface area contributed by atoms with E-state index in [1.807, 2.05) is 6.07 Å². The fourth-order valence-corrected chi connectivity index (χ4v) is 2.40. The lowest BCUT2D eigenvalue weighted by molar-refractivity contribution is -0.135. The van der Waals surface area contributed by atoms with Gasteiger partial charge < -0.3 is 4.74 Å². The molecule has 0 heterocycles. The van der Waals surface area contributed by atoms with E-state index in [1.165, 1.54) is 7.11 Å². The zero-order valence-corrected chi connectivity index (χ0v) is 9.76. The molecule has 3 nitrogen and oxygen atoms in total. The summed E-state index contributed by atoms with van der Waals surface area (Å²) in [5.74, 6) is -0.203. The number of esters is 1. The Morgan fingerprint density at radius 2 is 2.20 bits per heavy atom. The van der Waals surface area contributed by atoms with E-state index in [2.05, 4.69) is 25.5 Å². The Hall–Kier alpha value is -1.30. The average Bonchev–Trinajstić information content (AvgIpc) is 2.41. The first-order valence-corrected chi connectivity index (χ1v) is 5.13. The zero-order chi connectivity index (χ0) is 11.6. The lowest BCUT2D eigenvalue weighted by atomic mass is 9.91. The van der Waals surface area contributed by atoms with E-state index in [0.29, 0.717) is 5.92 Å². The standard InChI is InChI=1S/C12H17NO2/c1-8-5-12(2,3)6-9(8)10(7-13)11(14)15-4/h8H,5-6H2,1-4H3. The summed E-state index contributed by atoms with van der Waals surface area (Å²) in [6.45, 7) is 6.37. The van der Waals surface area contributed by atoms with Crippen molar-refractivity contribution < 1.29 is 9.53 Å². The van der Waals surface area contributed by atoms with Crippen LogP contribution in [0, 0.1) is 22.7 Å². The Kier molecular flexibility index (Phi) is 3.18. The summed E-state index contributed by atoms with van der Waals surface area (Å²) >= 11 is 0. The maximum atomic E-state index is 11.4. The molecule has 1 fully saturated rings. The van der Waals surface area contributed by atoms with Crippen molar-refractivity contribution in [3.05, 3.63) is 11.1 Å². The molecule has 1 unspecified atom stereocenters. The first kappa shape index (κ1) is 11.8. The third kappa shape index (κ3) is 2.38. The van der Waals surface area contributed by atoms with Gasteiger partial charge in [0.1, 0.15) is 11.6 Å². The van der Waals surface area contributed by atoms with Crippen LogP contribution < -0.4 is 0 Å². The van der Waals surface area contributed by atoms with Crippen LogP contribution >= 0.6 is 0 Å². The largest absolute Gasteiger partial charge is 0.465 e. The molecule has 0 saturated heterocycles. The summed E-state index contributed by atoms with van der Waals surface area (Å²) in [6, 6.07) is 1.97. The average molecular weight is 207 g/mol. The fourth-order valence-electron chi connectivity index (χ4n) is 2.40. The molecular formula is C12H17NO2. The molecule has 0 bridgehead atoms. The highest BCUT2D eigenvalue weighted by Crippen LogP contribution is 2.45. The number of hydrogen-bond acceptors (Lipinski definition) is 3. The van der Waals surface area contributed by atoms with Crippen molar-refractivity contribution in [2.75, 3.05) is 7.11 Å². The van der Waals surface area contributed by atoms with Gasteiger partial charge in [-0.15, -0.1) is 0 Å². The minimum Gasteiger partial charge on any atom is -0.465 e. The van der Waals surface area contributed by atoms with Gasteiger partial charge in [0.15, 0.2) is 0 Å². The monoisotopic (exact) mass is 207 g/mol. The van der Waals surface area contributed by atoms with Crippen LogP contribution in [0.3, 0.4) is 0 Å². The Labute approximate surface area is 90.7 Å². The zero-order valence-electron chi connectivity index (χ0n) is 9.76. The van der Waals surface area contributed by atoms with Gasteiger partial charge in [0, 0.05) is 0 Å². The number of carbonyl (C=O) groups excluding carboxylic acids is 1. The second-order valence-corrected chi connectivity index (χ2v) is 4.95. The third-order valence-corrected chi connectivity index (χ3v) is 2.95. The molecule has 0 aromatic rings. The topological polar surface area (TPSA) is 50.1 Å². The highest BCUT2D eigenvalue weighted by Gasteiger charge is 2.35. The minimum absolute atomic E-state index is 0.185. The van der Waals surface area contributed by atoms with E-state index in [4.69, 9.17) is 5.26 Å². The SMILES string of the molecule is COC(=O)C(C#N)=C1CC(C)(C)CC1C. The molecule has 0 spiro atoms. The van der Waals surface area contributed by atoms with Crippen LogP contribution in [-0.2, 0) is 9.53 Å². The molecule has 0 N–H and O–H groups in total. The molecule has 0 aromatic carbocycles. The predicted molar refractivity (Wildman–Crippen MR) is 56.8 cm³/mol. The number of nitrogens with zero attached hydrogens (tertiary/aromatic N) is 1. The number of ether oxygens (including phenoxy) is 1. The van der Waals surface area contributed by atoms with Crippen LogP contribution in [0.1, 0.15) is 33.6 Å². The maximum absolute atomic E-state index is 11.4. The summed E-state index contributed by atoms with van der Waals surface area (Å²) in [5.41, 5.74) is 1.34. The van der Waals surface area contributed by atoms with Gasteiger partial charge >= 0.3 is 5.97 Å². The Bertz CT molecular complexity index is 347. The first-order chi connectivity index (χ1) is 6.91. The van der Waals surface area contributed by atoms with E-state index < -0.39 is 5.97 Å². The van der Waals surface area contributed by atoms with Crippen molar-refractivity contribution in [1.29, 1.82) is 5.26 Å². The molecule has 0 aromatic heterocycles. The Morgan fingerprint density at radius 3 is 2.53 bits per heavy atom. The highest BCUT2D eigenvalue weighted by atomic mass is 16.5. The van der Waals surface area contributed by atoms with Gasteiger partial charge in [0.2, 0.25) is 0 Å². The molecular weight excluding hydrogens is 190 g/mol. The molecule has 15 heavy (non-hydrogen) atoms. The van der Waals surface area contributed by atoms with E-state index in [1.54, 1.807) is 0 Å². The second kappa shape index (κ2) is 4.06. The van der Waals surface area contributed by atoms with Gasteiger partial charge in [-0.3, -0.25) is 0 Å². The van der Waals surface area contributed by atoms with Crippen molar-refractivity contribution >= 4 is 5.97 Å². The van der Waals surface area contributed by atoms with E-state index in [9.17, 15) is 4.79 Å². The molecule has 1 aliphatic carbocycles. The Morgan fingerprint density at radius 1 is 1.60 bits per heavy atom. The van der Waals surface area contributed by atoms with Crippen LogP contribution in [0.2, 0.25) is 0 Å². The number of methoxy groups -OCH3 is 1. The van der Waals surface area contributed by atoms with Crippen LogP contribution in [0.25, 0.3) is 0 Å². The summed E-state index contributed by atoms with van der Waals surface area (Å²) in [5, 5.41) is 8.97. The predicted octanol–water partition coefficient (Wildman–Crippen LogP) is 2.44. The molecule has 1 atom stereocenters. The van der Waals surface area contributed by atoms with Gasteiger partial charge in [0.25, 0.3) is 0 Å². The molecule has 1 saturated carbocycles. The lowest BCUT2D eigenvalue weighted by Crippen LogP contribution is -2.08. The van der Waals surface area contributed by atoms with Gasteiger partial charge in [0.05, 0.1) is 7.11 Å². The van der Waals surface area contributed by atoms with Crippen LogP contribution in [-0.4, -0.2) is 13.1 Å². The van der Waals surface area contributed by atoms with Crippen molar-refractivity contribution in [3.63, 3.8) is 0 Å². The summed E-state index contributed by atoms with van der Waals surface area (Å²) in [4.78, 5) is 11.4. The molecule has 3 heteroatoms. The van der Waals surface area contributed by atoms with E-state index in [0.717, 1.165) is 18.4 Å². The maximum Gasteiger partial charge on any atom is 0.348 e. The first-order valence-electron chi connectivity index (χ1n) is 5.13. The van der Waals surface area contributed by atoms with Gasteiger partial charge in [-0.2, -0.15) is 5.26 Å². The lowest BCUT2D eigenvalue weighted by Gasteiger charge is -2.14. The molecule has 0 amide bonds. The summed E-state index contributed by atoms with van der Waals surface area (Å²) in [7, 11) is 1.31. The number of nitriles is 1. The second-order valence-electron chi connectivity index (χ2n) is 4.95. The van der Waals surface area contributed by atoms with E-state index >= 15 is 0 Å². The van der Waals surface area contributed by atoms with Crippen LogP contribution in [0.15, 0.2) is 11.1 Å². The summed E-state index contributed by atoms with van der Waals surface area (Å²) in [6.07, 6.45) is 1.83. The smallest absolute Gasteiger partial charge is 0.348 e. The number of hydrogen-bond donors (Lipinski definition) is 0. The number of allylic oxidation sites excluding steroid dienone is 1. The molecule has 0 aliphatic heterocycles. The number of carbonyl (C=O) groups is 1. The van der Waals surface area contributed by atoms with Crippen molar-refractivity contribution in [1.82, 2.24) is 0 Å². The molecule has 1 rings (SSSR count). The number of rotatable bonds is 1. The van der Waals surface area contributed by atoms with Gasteiger partial charge in [-0.25, -0.2) is 4.79 Å². The van der Waals surface area contributed by atoms with Gasteiger partial charge in [-0.05, 0) is 29.7 Å². The van der Waals surface area contributed by atoms with Crippen LogP contribution in [0.5, 0.6) is 0 Å². The highest BCUT2D eigenvalue weighted by molar-refractivity contribution is 5.93. The van der Waals surface area contributed by atoms with Crippen LogP contribution in [0.4, 0.5) is 0 Å². The quantitative estimate of drug-likeness (QED) is 0.377. The van der Waals surface area contributed by atoms with Crippen molar-refractivity contribution in [2.45, 2.75) is 33.6 Å². The molecule has 82 valence electrons. The normalized spacial score (nSPS) is 27.0.